The number of para-hydroxylation sites is 5. The van der Waals surface area contributed by atoms with Gasteiger partial charge < -0.3 is 18.1 Å². The number of nitrogens with zero attached hydrogens (tertiary/aromatic N) is 6. The molecule has 0 radical (unpaired) electrons. The summed E-state index contributed by atoms with van der Waals surface area (Å²) in [5.41, 5.74) is 15.3. The maximum atomic E-state index is 10.8. The van der Waals surface area contributed by atoms with Crippen molar-refractivity contribution in [1.29, 1.82) is 5.26 Å². The molecule has 0 saturated heterocycles. The molecule has 7 nitrogen and oxygen atoms in total. The lowest BCUT2D eigenvalue weighted by Gasteiger charge is -2.14. The van der Waals surface area contributed by atoms with Crippen LogP contribution in [0, 0.1) is 11.3 Å². The first-order valence-corrected chi connectivity index (χ1v) is 24.1. The molecule has 15 rings (SSSR count). The maximum Gasteiger partial charge on any atom is 0.161 e. The Morgan fingerprint density at radius 2 is 0.847 bits per heavy atom. The van der Waals surface area contributed by atoms with Crippen LogP contribution in [-0.2, 0) is 0 Å². The molecule has 0 saturated carbocycles. The smallest absolute Gasteiger partial charge is 0.161 e. The highest BCUT2D eigenvalue weighted by atomic mass is 16.3. The van der Waals surface area contributed by atoms with Crippen LogP contribution in [0.4, 0.5) is 0 Å². The van der Waals surface area contributed by atoms with Gasteiger partial charge in [0.1, 0.15) is 17.2 Å². The zero-order valence-electron chi connectivity index (χ0n) is 38.5. The SMILES string of the molecule is N#Cc1c(-c2ccccc2)nc(-c2ccc(-n3c4ccc(-n5c6ccccc6c6ccccc65)cc4c4cc5c(cc43)c3ccccc3n5-c3ccccc3)c3oc4ccccc4c23)nc1-c1ccccc1. The lowest BCUT2D eigenvalue weighted by Crippen LogP contribution is -2.02. The summed E-state index contributed by atoms with van der Waals surface area (Å²) in [4.78, 5) is 10.6. The molecule has 0 aliphatic rings. The molecule has 0 aliphatic heterocycles. The number of benzene rings is 10. The fourth-order valence-electron chi connectivity index (χ4n) is 11.4. The fraction of sp³-hybridized carbons (Fsp3) is 0. The summed E-state index contributed by atoms with van der Waals surface area (Å²) in [5.74, 6) is 0.503. The Labute approximate surface area is 411 Å². The molecule has 5 heterocycles. The van der Waals surface area contributed by atoms with Crippen LogP contribution in [0.5, 0.6) is 0 Å². The predicted octanol–water partition coefficient (Wildman–Crippen LogP) is 16.5. The Morgan fingerprint density at radius 3 is 1.46 bits per heavy atom. The maximum absolute atomic E-state index is 10.8. The van der Waals surface area contributed by atoms with Crippen LogP contribution in [0.15, 0.2) is 235 Å². The van der Waals surface area contributed by atoms with Crippen molar-refractivity contribution in [3.8, 4) is 57.0 Å². The van der Waals surface area contributed by atoms with Gasteiger partial charge in [0.05, 0.1) is 50.2 Å². The topological polar surface area (TPSA) is 77.5 Å². The Bertz CT molecular complexity index is 4630. The molecular weight excluding hydrogens is 881 g/mol. The van der Waals surface area contributed by atoms with Crippen molar-refractivity contribution in [2.75, 3.05) is 0 Å². The minimum Gasteiger partial charge on any atom is -0.454 e. The van der Waals surface area contributed by atoms with E-state index in [1.807, 2.05) is 78.9 Å². The molecule has 0 unspecified atom stereocenters. The zero-order valence-corrected chi connectivity index (χ0v) is 38.5. The highest BCUT2D eigenvalue weighted by Gasteiger charge is 2.26. The first-order chi connectivity index (χ1) is 35.7. The summed E-state index contributed by atoms with van der Waals surface area (Å²) in [6.07, 6.45) is 0. The third-order valence-corrected chi connectivity index (χ3v) is 14.5. The molecule has 0 spiro atoms. The Kier molecular flexibility index (Phi) is 8.59. The highest BCUT2D eigenvalue weighted by Crippen LogP contribution is 2.46. The molecule has 0 atom stereocenters. The van der Waals surface area contributed by atoms with Crippen LogP contribution in [0.25, 0.3) is 138 Å². The first kappa shape index (κ1) is 39.9. The van der Waals surface area contributed by atoms with E-state index in [9.17, 15) is 5.26 Å². The van der Waals surface area contributed by atoms with Gasteiger partial charge in [0, 0.05) is 71.2 Å². The number of hydrogen-bond donors (Lipinski definition) is 0. The van der Waals surface area contributed by atoms with Crippen LogP contribution in [0.2, 0.25) is 0 Å². The van der Waals surface area contributed by atoms with Crippen molar-refractivity contribution in [1.82, 2.24) is 23.7 Å². The van der Waals surface area contributed by atoms with E-state index >= 15 is 0 Å². The van der Waals surface area contributed by atoms with Crippen molar-refractivity contribution in [2.45, 2.75) is 0 Å². The Morgan fingerprint density at radius 1 is 0.375 bits per heavy atom. The summed E-state index contributed by atoms with van der Waals surface area (Å²) >= 11 is 0. The average Bonchev–Trinajstić information content (AvgIpc) is 4.19. The van der Waals surface area contributed by atoms with Crippen molar-refractivity contribution < 1.29 is 4.42 Å². The van der Waals surface area contributed by atoms with Crippen LogP contribution in [0.3, 0.4) is 0 Å². The van der Waals surface area contributed by atoms with Crippen LogP contribution in [-0.4, -0.2) is 23.7 Å². The van der Waals surface area contributed by atoms with Gasteiger partial charge in [-0.3, -0.25) is 0 Å². The predicted molar refractivity (Wildman–Crippen MR) is 293 cm³/mol. The number of aromatic nitrogens is 5. The number of furan rings is 1. The van der Waals surface area contributed by atoms with E-state index in [-0.39, 0.29) is 0 Å². The average molecular weight is 919 g/mol. The normalized spacial score (nSPS) is 11.9. The number of rotatable bonds is 6. The molecule has 5 aromatic heterocycles. The molecule has 0 amide bonds. The third kappa shape index (κ3) is 5.78. The molecule has 0 aliphatic carbocycles. The summed E-state index contributed by atoms with van der Waals surface area (Å²) in [6, 6.07) is 83.1. The second-order valence-corrected chi connectivity index (χ2v) is 18.4. The molecule has 7 heteroatoms. The summed E-state index contributed by atoms with van der Waals surface area (Å²) in [6.45, 7) is 0. The molecule has 0 fully saturated rings. The first-order valence-electron chi connectivity index (χ1n) is 24.1. The molecule has 72 heavy (non-hydrogen) atoms. The van der Waals surface area contributed by atoms with E-state index in [0.29, 0.717) is 28.4 Å². The van der Waals surface area contributed by atoms with Gasteiger partial charge >= 0.3 is 0 Å². The van der Waals surface area contributed by atoms with Gasteiger partial charge in [-0.25, -0.2) is 9.97 Å². The molecule has 334 valence electrons. The van der Waals surface area contributed by atoms with Crippen molar-refractivity contribution in [3.63, 3.8) is 0 Å². The van der Waals surface area contributed by atoms with Gasteiger partial charge in [-0.15, -0.1) is 0 Å². The van der Waals surface area contributed by atoms with E-state index in [2.05, 4.69) is 171 Å². The molecule has 15 aromatic rings. The van der Waals surface area contributed by atoms with E-state index in [1.165, 1.54) is 16.2 Å². The van der Waals surface area contributed by atoms with E-state index in [1.54, 1.807) is 0 Å². The summed E-state index contributed by atoms with van der Waals surface area (Å²) in [7, 11) is 0. The standard InChI is InChI=1S/C65H38N6O/c66-39-52-62(40-18-4-1-5-19-40)67-65(68-63(52)41-20-6-2-7-21-41)48-33-35-57(64-61(48)47-27-13-17-31-60(47)72-64)71-56-34-32-43(70-53-28-14-10-24-44(53)45-25-11-15-29-54(45)70)36-49(56)51-38-58-50(37-59(51)71)46-26-12-16-30-55(46)69(58)42-22-8-3-9-23-42/h1-38H. The largest absolute Gasteiger partial charge is 0.454 e. The summed E-state index contributed by atoms with van der Waals surface area (Å²) < 4.78 is 14.3. The number of fused-ring (bicyclic) bond motifs is 12. The molecule has 0 N–H and O–H groups in total. The third-order valence-electron chi connectivity index (χ3n) is 14.5. The van der Waals surface area contributed by atoms with Crippen molar-refractivity contribution in [2.24, 2.45) is 0 Å². The Hall–Kier alpha value is -10.0. The van der Waals surface area contributed by atoms with Gasteiger partial charge in [-0.05, 0) is 78.9 Å². The van der Waals surface area contributed by atoms with Crippen molar-refractivity contribution >= 4 is 87.4 Å². The Balaban J connectivity index is 1.06. The highest BCUT2D eigenvalue weighted by molar-refractivity contribution is 6.21. The summed E-state index contributed by atoms with van der Waals surface area (Å²) in [5, 5.41) is 19.6. The van der Waals surface area contributed by atoms with Gasteiger partial charge in [-0.1, -0.05) is 152 Å². The van der Waals surface area contributed by atoms with Gasteiger partial charge in [-0.2, -0.15) is 5.26 Å². The monoisotopic (exact) mass is 918 g/mol. The lowest BCUT2D eigenvalue weighted by molar-refractivity contribution is 0.666. The quantitative estimate of drug-likeness (QED) is 0.166. The minimum absolute atomic E-state index is 0.423. The van der Waals surface area contributed by atoms with Gasteiger partial charge in [0.2, 0.25) is 0 Å². The van der Waals surface area contributed by atoms with E-state index in [4.69, 9.17) is 14.4 Å². The van der Waals surface area contributed by atoms with Crippen LogP contribution >= 0.6 is 0 Å². The number of nitriles is 1. The van der Waals surface area contributed by atoms with Gasteiger partial charge in [0.25, 0.3) is 0 Å². The van der Waals surface area contributed by atoms with E-state index in [0.717, 1.165) is 99.4 Å². The van der Waals surface area contributed by atoms with Crippen molar-refractivity contribution in [3.05, 3.63) is 236 Å². The molecule has 10 aromatic carbocycles. The second-order valence-electron chi connectivity index (χ2n) is 18.4. The number of hydrogen-bond acceptors (Lipinski definition) is 4. The zero-order chi connectivity index (χ0) is 47.4. The minimum atomic E-state index is 0.423. The van der Waals surface area contributed by atoms with E-state index < -0.39 is 0 Å². The molecule has 0 bridgehead atoms. The van der Waals surface area contributed by atoms with Crippen LogP contribution in [0.1, 0.15) is 5.56 Å². The molecular formula is C65H38N6O. The second kappa shape index (κ2) is 15.5. The van der Waals surface area contributed by atoms with Crippen LogP contribution < -0.4 is 0 Å². The fourth-order valence-corrected chi connectivity index (χ4v) is 11.4. The lowest BCUT2D eigenvalue weighted by atomic mass is 9.99. The van der Waals surface area contributed by atoms with Gasteiger partial charge in [0.15, 0.2) is 11.4 Å².